The number of hydrogen-bond acceptors (Lipinski definition) is 3. The zero-order valence-corrected chi connectivity index (χ0v) is 12.1. The molecular weight excluding hydrogens is 279 g/mol. The van der Waals surface area contributed by atoms with Gasteiger partial charge in [-0.1, -0.05) is 17.7 Å². The summed E-state index contributed by atoms with van der Waals surface area (Å²) in [6, 6.07) is 8.62. The Bertz CT molecular complexity index is 592. The van der Waals surface area contributed by atoms with Crippen LogP contribution in [-0.2, 0) is 6.54 Å². The number of nitrogens with zero attached hydrogens (tertiary/aromatic N) is 1. The monoisotopic (exact) mass is 294 g/mol. The maximum atomic E-state index is 13.4. The highest BCUT2D eigenvalue weighted by molar-refractivity contribution is 6.30. The van der Waals surface area contributed by atoms with Crippen molar-refractivity contribution in [3.05, 3.63) is 58.5 Å². The predicted molar refractivity (Wildman–Crippen MR) is 77.5 cm³/mol. The van der Waals surface area contributed by atoms with E-state index < -0.39 is 5.82 Å². The van der Waals surface area contributed by atoms with E-state index in [1.54, 1.807) is 19.4 Å². The molecule has 0 saturated carbocycles. The number of methoxy groups -OCH3 is 1. The Hall–Kier alpha value is -1.65. The van der Waals surface area contributed by atoms with Crippen LogP contribution < -0.4 is 10.1 Å². The largest absolute Gasteiger partial charge is 0.481 e. The molecule has 1 N–H and O–H groups in total. The molecule has 1 atom stereocenters. The first kappa shape index (κ1) is 14.8. The number of ether oxygens (including phenoxy) is 1. The van der Waals surface area contributed by atoms with Gasteiger partial charge in [0.25, 0.3) is 0 Å². The van der Waals surface area contributed by atoms with Gasteiger partial charge < -0.3 is 10.1 Å². The van der Waals surface area contributed by atoms with Crippen LogP contribution in [0.25, 0.3) is 0 Å². The Kier molecular flexibility index (Phi) is 4.93. The first-order valence-electron chi connectivity index (χ1n) is 6.27. The summed E-state index contributed by atoms with van der Waals surface area (Å²) in [6.45, 7) is 2.62. The van der Waals surface area contributed by atoms with Crippen molar-refractivity contribution in [1.29, 1.82) is 0 Å². The van der Waals surface area contributed by atoms with Crippen LogP contribution in [0.15, 0.2) is 36.5 Å². The van der Waals surface area contributed by atoms with Crippen molar-refractivity contribution in [1.82, 2.24) is 10.3 Å². The van der Waals surface area contributed by atoms with E-state index in [0.717, 1.165) is 11.1 Å². The van der Waals surface area contributed by atoms with Gasteiger partial charge in [0.15, 0.2) is 0 Å². The van der Waals surface area contributed by atoms with Crippen molar-refractivity contribution >= 4 is 11.6 Å². The third kappa shape index (κ3) is 3.68. The zero-order valence-electron chi connectivity index (χ0n) is 11.4. The molecular formula is C15H16ClFN2O. The molecule has 106 valence electrons. The quantitative estimate of drug-likeness (QED) is 0.912. The Morgan fingerprint density at radius 3 is 2.85 bits per heavy atom. The van der Waals surface area contributed by atoms with Gasteiger partial charge in [-0.25, -0.2) is 9.37 Å². The van der Waals surface area contributed by atoms with E-state index in [1.807, 2.05) is 25.1 Å². The topological polar surface area (TPSA) is 34.1 Å². The number of nitrogens with one attached hydrogen (secondary N) is 1. The standard InChI is InChI=1S/C15H16ClFN2O/c1-10(12-3-4-13(16)14(17)8-12)19-9-11-5-6-18-15(7-11)20-2/h3-8,10,19H,9H2,1-2H3. The summed E-state index contributed by atoms with van der Waals surface area (Å²) < 4.78 is 18.5. The SMILES string of the molecule is COc1cc(CNC(C)c2ccc(Cl)c(F)c2)ccn1. The molecule has 1 heterocycles. The normalized spacial score (nSPS) is 12.2. The highest BCUT2D eigenvalue weighted by Gasteiger charge is 2.08. The van der Waals surface area contributed by atoms with Gasteiger partial charge in [-0.3, -0.25) is 0 Å². The fraction of sp³-hybridized carbons (Fsp3) is 0.267. The lowest BCUT2D eigenvalue weighted by atomic mass is 10.1. The molecule has 0 aliphatic rings. The Balaban J connectivity index is 2.00. The second-order valence-electron chi connectivity index (χ2n) is 4.48. The number of hydrogen-bond donors (Lipinski definition) is 1. The highest BCUT2D eigenvalue weighted by atomic mass is 35.5. The Morgan fingerprint density at radius 2 is 2.15 bits per heavy atom. The average molecular weight is 295 g/mol. The van der Waals surface area contributed by atoms with Crippen molar-refractivity contribution in [3.63, 3.8) is 0 Å². The van der Waals surface area contributed by atoms with Gasteiger partial charge >= 0.3 is 0 Å². The highest BCUT2D eigenvalue weighted by Crippen LogP contribution is 2.20. The Labute approximate surface area is 122 Å². The molecule has 1 aromatic carbocycles. The van der Waals surface area contributed by atoms with Crippen molar-refractivity contribution in [3.8, 4) is 5.88 Å². The van der Waals surface area contributed by atoms with Crippen LogP contribution >= 0.6 is 11.6 Å². The van der Waals surface area contributed by atoms with Crippen LogP contribution in [0.1, 0.15) is 24.1 Å². The first-order chi connectivity index (χ1) is 9.60. The van der Waals surface area contributed by atoms with Crippen molar-refractivity contribution in [2.24, 2.45) is 0 Å². The minimum atomic E-state index is -0.400. The van der Waals surface area contributed by atoms with Crippen LogP contribution in [0.5, 0.6) is 5.88 Å². The zero-order chi connectivity index (χ0) is 14.5. The maximum absolute atomic E-state index is 13.4. The fourth-order valence-corrected chi connectivity index (χ4v) is 1.96. The molecule has 2 aromatic rings. The molecule has 3 nitrogen and oxygen atoms in total. The molecule has 20 heavy (non-hydrogen) atoms. The van der Waals surface area contributed by atoms with Crippen molar-refractivity contribution in [2.45, 2.75) is 19.5 Å². The van der Waals surface area contributed by atoms with Crippen LogP contribution in [0.4, 0.5) is 4.39 Å². The summed E-state index contributed by atoms with van der Waals surface area (Å²) >= 11 is 5.68. The van der Waals surface area contributed by atoms with E-state index >= 15 is 0 Å². The van der Waals surface area contributed by atoms with Crippen LogP contribution in [-0.4, -0.2) is 12.1 Å². The summed E-state index contributed by atoms with van der Waals surface area (Å²) in [5.41, 5.74) is 1.91. The molecule has 0 radical (unpaired) electrons. The van der Waals surface area contributed by atoms with E-state index in [4.69, 9.17) is 16.3 Å². The van der Waals surface area contributed by atoms with Gasteiger partial charge in [-0.05, 0) is 36.2 Å². The van der Waals surface area contributed by atoms with Gasteiger partial charge in [-0.15, -0.1) is 0 Å². The maximum Gasteiger partial charge on any atom is 0.213 e. The minimum absolute atomic E-state index is 0.0147. The smallest absolute Gasteiger partial charge is 0.213 e. The lowest BCUT2D eigenvalue weighted by molar-refractivity contribution is 0.397. The van der Waals surface area contributed by atoms with Crippen LogP contribution in [0, 0.1) is 5.82 Å². The number of pyridine rings is 1. The summed E-state index contributed by atoms with van der Waals surface area (Å²) in [5, 5.41) is 3.46. The van der Waals surface area contributed by atoms with Crippen molar-refractivity contribution < 1.29 is 9.13 Å². The molecule has 5 heteroatoms. The summed E-state index contributed by atoms with van der Waals surface area (Å²) in [5.74, 6) is 0.179. The average Bonchev–Trinajstić information content (AvgIpc) is 2.47. The summed E-state index contributed by atoms with van der Waals surface area (Å²) in [4.78, 5) is 4.05. The van der Waals surface area contributed by atoms with Crippen LogP contribution in [0.3, 0.4) is 0 Å². The fourth-order valence-electron chi connectivity index (χ4n) is 1.84. The Morgan fingerprint density at radius 1 is 1.35 bits per heavy atom. The third-order valence-corrected chi connectivity index (χ3v) is 3.37. The molecule has 0 bridgehead atoms. The summed E-state index contributed by atoms with van der Waals surface area (Å²) in [6.07, 6.45) is 1.70. The molecule has 0 saturated heterocycles. The minimum Gasteiger partial charge on any atom is -0.481 e. The van der Waals surface area contributed by atoms with Crippen LogP contribution in [0.2, 0.25) is 5.02 Å². The number of halogens is 2. The second kappa shape index (κ2) is 6.68. The van der Waals surface area contributed by atoms with Gasteiger partial charge in [0, 0.05) is 24.8 Å². The molecule has 0 amide bonds. The van der Waals surface area contributed by atoms with E-state index in [9.17, 15) is 4.39 Å². The molecule has 1 unspecified atom stereocenters. The molecule has 0 aliphatic heterocycles. The number of rotatable bonds is 5. The van der Waals surface area contributed by atoms with Gasteiger partial charge in [0.2, 0.25) is 5.88 Å². The molecule has 0 fully saturated rings. The summed E-state index contributed by atoms with van der Waals surface area (Å²) in [7, 11) is 1.58. The molecule has 1 aromatic heterocycles. The van der Waals surface area contributed by atoms with E-state index in [1.165, 1.54) is 6.07 Å². The van der Waals surface area contributed by atoms with Gasteiger partial charge in [-0.2, -0.15) is 0 Å². The first-order valence-corrected chi connectivity index (χ1v) is 6.65. The van der Waals surface area contributed by atoms with E-state index in [2.05, 4.69) is 10.3 Å². The lowest BCUT2D eigenvalue weighted by Crippen LogP contribution is -2.18. The van der Waals surface area contributed by atoms with E-state index in [-0.39, 0.29) is 11.1 Å². The number of benzene rings is 1. The number of aromatic nitrogens is 1. The molecule has 0 spiro atoms. The second-order valence-corrected chi connectivity index (χ2v) is 4.89. The predicted octanol–water partition coefficient (Wildman–Crippen LogP) is 3.73. The third-order valence-electron chi connectivity index (χ3n) is 3.06. The van der Waals surface area contributed by atoms with Gasteiger partial charge in [0.1, 0.15) is 5.82 Å². The van der Waals surface area contributed by atoms with Gasteiger partial charge in [0.05, 0.1) is 12.1 Å². The van der Waals surface area contributed by atoms with E-state index in [0.29, 0.717) is 12.4 Å². The molecule has 0 aliphatic carbocycles. The lowest BCUT2D eigenvalue weighted by Gasteiger charge is -2.15. The molecule has 2 rings (SSSR count). The van der Waals surface area contributed by atoms with Crippen molar-refractivity contribution in [2.75, 3.05) is 7.11 Å².